The Morgan fingerprint density at radius 3 is 2.67 bits per heavy atom. The van der Waals surface area contributed by atoms with E-state index in [2.05, 4.69) is 46.8 Å². The number of fused-ring (bicyclic) bond motifs is 2. The topological polar surface area (TPSA) is 78.3 Å². The van der Waals surface area contributed by atoms with Gasteiger partial charge in [0.2, 0.25) is 6.79 Å². The van der Waals surface area contributed by atoms with E-state index in [4.69, 9.17) is 9.47 Å². The second-order valence-electron chi connectivity index (χ2n) is 7.31. The zero-order valence-corrected chi connectivity index (χ0v) is 16.5. The highest BCUT2D eigenvalue weighted by Gasteiger charge is 2.14. The van der Waals surface area contributed by atoms with Gasteiger partial charge in [0.1, 0.15) is 5.52 Å². The van der Waals surface area contributed by atoms with Crippen molar-refractivity contribution in [1.82, 2.24) is 20.3 Å². The molecule has 1 aliphatic rings. The fourth-order valence-electron chi connectivity index (χ4n) is 3.43. The molecular weight excluding hydrogens is 380 g/mol. The van der Waals surface area contributed by atoms with E-state index in [1.807, 2.05) is 28.9 Å². The minimum atomic E-state index is -0.164. The lowest BCUT2D eigenvalue weighted by atomic mass is 10.1. The van der Waals surface area contributed by atoms with E-state index < -0.39 is 0 Å². The van der Waals surface area contributed by atoms with Crippen molar-refractivity contribution in [2.75, 3.05) is 6.79 Å². The smallest absolute Gasteiger partial charge is 0.251 e. The minimum absolute atomic E-state index is 0.164. The van der Waals surface area contributed by atoms with Crippen molar-refractivity contribution in [3.05, 3.63) is 82.9 Å². The summed E-state index contributed by atoms with van der Waals surface area (Å²) in [6.07, 6.45) is 0. The fourth-order valence-corrected chi connectivity index (χ4v) is 3.43. The number of nitrogens with zero attached hydrogens (tertiary/aromatic N) is 3. The Balaban J connectivity index is 1.29. The number of nitrogens with one attached hydrogen (secondary N) is 1. The molecule has 0 fully saturated rings. The predicted molar refractivity (Wildman–Crippen MR) is 112 cm³/mol. The number of ether oxygens (including phenoxy) is 2. The highest BCUT2D eigenvalue weighted by atomic mass is 16.7. The number of aromatic nitrogens is 3. The van der Waals surface area contributed by atoms with Crippen molar-refractivity contribution in [1.29, 1.82) is 0 Å². The molecule has 4 aromatic rings. The van der Waals surface area contributed by atoms with Gasteiger partial charge in [-0.2, -0.15) is 0 Å². The van der Waals surface area contributed by atoms with E-state index in [0.717, 1.165) is 22.4 Å². The third-order valence-corrected chi connectivity index (χ3v) is 5.12. The highest BCUT2D eigenvalue weighted by molar-refractivity contribution is 5.97. The molecule has 7 nitrogen and oxygen atoms in total. The molecule has 0 radical (unpaired) electrons. The molecule has 2 heterocycles. The average Bonchev–Trinajstić information content (AvgIpc) is 3.40. The van der Waals surface area contributed by atoms with Gasteiger partial charge in [0.25, 0.3) is 5.91 Å². The number of amides is 1. The first kappa shape index (κ1) is 18.2. The second-order valence-corrected chi connectivity index (χ2v) is 7.31. The highest BCUT2D eigenvalue weighted by Crippen LogP contribution is 2.32. The normalized spacial score (nSPS) is 12.3. The van der Waals surface area contributed by atoms with Crippen LogP contribution < -0.4 is 14.8 Å². The van der Waals surface area contributed by atoms with Crippen molar-refractivity contribution >= 4 is 16.9 Å². The fraction of sp³-hybridized carbons (Fsp3) is 0.174. The van der Waals surface area contributed by atoms with Gasteiger partial charge in [-0.05, 0) is 48.4 Å². The Morgan fingerprint density at radius 1 is 1.00 bits per heavy atom. The Hall–Kier alpha value is -3.87. The molecular formula is C23H20N4O3. The van der Waals surface area contributed by atoms with Gasteiger partial charge in [-0.25, -0.2) is 4.68 Å². The summed E-state index contributed by atoms with van der Waals surface area (Å²) in [5.41, 5.74) is 5.45. The average molecular weight is 400 g/mol. The van der Waals surface area contributed by atoms with Crippen LogP contribution in [0.3, 0.4) is 0 Å². The number of carbonyl (C=O) groups excluding carboxylic acids is 1. The molecule has 0 spiro atoms. The number of aryl methyl sites for hydroxylation is 1. The summed E-state index contributed by atoms with van der Waals surface area (Å²) in [5.74, 6) is 1.26. The van der Waals surface area contributed by atoms with E-state index in [9.17, 15) is 4.79 Å². The Labute approximate surface area is 173 Å². The van der Waals surface area contributed by atoms with E-state index in [-0.39, 0.29) is 12.7 Å². The lowest BCUT2D eigenvalue weighted by Crippen LogP contribution is -2.22. The predicted octanol–water partition coefficient (Wildman–Crippen LogP) is 3.45. The van der Waals surface area contributed by atoms with Gasteiger partial charge in [0.15, 0.2) is 11.5 Å². The van der Waals surface area contributed by atoms with E-state index in [1.54, 1.807) is 12.1 Å². The first-order chi connectivity index (χ1) is 14.7. The third-order valence-electron chi connectivity index (χ3n) is 5.12. The molecule has 0 saturated heterocycles. The summed E-state index contributed by atoms with van der Waals surface area (Å²) < 4.78 is 12.5. The molecule has 1 amide bonds. The van der Waals surface area contributed by atoms with Gasteiger partial charge < -0.3 is 14.8 Å². The summed E-state index contributed by atoms with van der Waals surface area (Å²) in [5, 5.41) is 11.4. The van der Waals surface area contributed by atoms with E-state index in [0.29, 0.717) is 29.9 Å². The molecule has 150 valence electrons. The zero-order valence-electron chi connectivity index (χ0n) is 16.5. The molecule has 0 aliphatic carbocycles. The molecule has 1 aliphatic heterocycles. The van der Waals surface area contributed by atoms with Gasteiger partial charge in [-0.1, -0.05) is 41.1 Å². The molecule has 0 saturated carbocycles. The third kappa shape index (κ3) is 3.57. The van der Waals surface area contributed by atoms with Crippen molar-refractivity contribution in [2.45, 2.75) is 20.0 Å². The first-order valence-electron chi connectivity index (χ1n) is 9.71. The van der Waals surface area contributed by atoms with Crippen LogP contribution in [0, 0.1) is 6.92 Å². The number of rotatable bonds is 5. The lowest BCUT2D eigenvalue weighted by Gasteiger charge is -2.07. The molecule has 5 rings (SSSR count). The Kier molecular flexibility index (Phi) is 4.55. The number of hydrogen-bond donors (Lipinski definition) is 1. The summed E-state index contributed by atoms with van der Waals surface area (Å²) in [4.78, 5) is 12.6. The van der Waals surface area contributed by atoms with Crippen LogP contribution in [0.25, 0.3) is 11.0 Å². The number of carbonyl (C=O) groups is 1. The van der Waals surface area contributed by atoms with Crippen LogP contribution >= 0.6 is 0 Å². The molecule has 7 heteroatoms. The maximum absolute atomic E-state index is 12.6. The van der Waals surface area contributed by atoms with Crippen molar-refractivity contribution in [2.24, 2.45) is 0 Å². The first-order valence-corrected chi connectivity index (χ1v) is 9.71. The maximum atomic E-state index is 12.6. The van der Waals surface area contributed by atoms with Gasteiger partial charge in [-0.3, -0.25) is 4.79 Å². The van der Waals surface area contributed by atoms with Crippen LogP contribution in [0.5, 0.6) is 11.5 Å². The van der Waals surface area contributed by atoms with E-state index in [1.165, 1.54) is 5.56 Å². The molecule has 1 N–H and O–H groups in total. The van der Waals surface area contributed by atoms with Crippen molar-refractivity contribution in [3.63, 3.8) is 0 Å². The summed E-state index contributed by atoms with van der Waals surface area (Å²) in [7, 11) is 0. The van der Waals surface area contributed by atoms with Crippen LogP contribution in [0.15, 0.2) is 60.7 Å². The summed E-state index contributed by atoms with van der Waals surface area (Å²) in [6.45, 7) is 3.32. The number of benzene rings is 3. The molecule has 0 unspecified atom stereocenters. The van der Waals surface area contributed by atoms with Crippen LogP contribution in [-0.4, -0.2) is 27.7 Å². The Morgan fingerprint density at radius 2 is 1.80 bits per heavy atom. The summed E-state index contributed by atoms with van der Waals surface area (Å²) >= 11 is 0. The van der Waals surface area contributed by atoms with Gasteiger partial charge in [0, 0.05) is 12.1 Å². The van der Waals surface area contributed by atoms with Crippen LogP contribution in [0.1, 0.15) is 27.0 Å². The summed E-state index contributed by atoms with van der Waals surface area (Å²) in [6, 6.07) is 19.4. The van der Waals surface area contributed by atoms with Crippen molar-refractivity contribution < 1.29 is 14.3 Å². The monoisotopic (exact) mass is 400 g/mol. The van der Waals surface area contributed by atoms with Gasteiger partial charge >= 0.3 is 0 Å². The minimum Gasteiger partial charge on any atom is -0.454 e. The standard InChI is InChI=1S/C23H20N4O3/c1-15-2-4-16(5-3-15)13-27-20-8-7-18(11-19(20)25-26-27)23(28)24-12-17-6-9-21-22(10-17)30-14-29-21/h2-11H,12-14H2,1H3,(H,24,28). The van der Waals surface area contributed by atoms with Gasteiger partial charge in [-0.15, -0.1) is 5.10 Å². The van der Waals surface area contributed by atoms with Crippen LogP contribution in [0.4, 0.5) is 0 Å². The van der Waals surface area contributed by atoms with Gasteiger partial charge in [0.05, 0.1) is 12.1 Å². The zero-order chi connectivity index (χ0) is 20.5. The molecule has 0 bridgehead atoms. The van der Waals surface area contributed by atoms with Crippen molar-refractivity contribution in [3.8, 4) is 11.5 Å². The lowest BCUT2D eigenvalue weighted by molar-refractivity contribution is 0.0951. The van der Waals surface area contributed by atoms with Crippen LogP contribution in [-0.2, 0) is 13.1 Å². The SMILES string of the molecule is Cc1ccc(Cn2nnc3cc(C(=O)NCc4ccc5c(c4)OCO5)ccc32)cc1. The quantitative estimate of drug-likeness (QED) is 0.555. The molecule has 3 aromatic carbocycles. The molecule has 30 heavy (non-hydrogen) atoms. The second kappa shape index (κ2) is 7.51. The maximum Gasteiger partial charge on any atom is 0.251 e. The molecule has 1 aromatic heterocycles. The largest absolute Gasteiger partial charge is 0.454 e. The molecule has 0 atom stereocenters. The Bertz CT molecular complexity index is 1230. The van der Waals surface area contributed by atoms with E-state index >= 15 is 0 Å². The van der Waals surface area contributed by atoms with Crippen LogP contribution in [0.2, 0.25) is 0 Å². The number of hydrogen-bond acceptors (Lipinski definition) is 5.